The summed E-state index contributed by atoms with van der Waals surface area (Å²) in [6.07, 6.45) is 0.311. The Kier molecular flexibility index (Phi) is 4.99. The molecule has 7 amide bonds. The van der Waals surface area contributed by atoms with Gasteiger partial charge in [0.1, 0.15) is 22.6 Å². The molecular formula is C26H23N5O7. The molecular weight excluding hydrogens is 494 g/mol. The summed E-state index contributed by atoms with van der Waals surface area (Å²) in [7, 11) is 1.51. The Morgan fingerprint density at radius 2 is 1.63 bits per heavy atom. The number of nitrogens with zero attached hydrogens (tertiary/aromatic N) is 1. The number of benzene rings is 2. The Balaban J connectivity index is 1.39. The maximum atomic E-state index is 13.2. The average molecular weight is 517 g/mol. The van der Waals surface area contributed by atoms with Gasteiger partial charge in [0.15, 0.2) is 5.54 Å². The van der Waals surface area contributed by atoms with Gasteiger partial charge in [0.2, 0.25) is 0 Å². The summed E-state index contributed by atoms with van der Waals surface area (Å²) in [4.78, 5) is 64.7. The number of amides is 7. The molecule has 6 rings (SSSR count). The molecule has 12 heteroatoms. The van der Waals surface area contributed by atoms with Gasteiger partial charge in [0, 0.05) is 17.5 Å². The minimum Gasteiger partial charge on any atom is -0.497 e. The number of hydrogen-bond donors (Lipinski definition) is 4. The number of ether oxygens (including phenoxy) is 1. The van der Waals surface area contributed by atoms with Crippen LogP contribution in [0.1, 0.15) is 40.6 Å². The number of fused-ring (bicyclic) bond motifs is 2. The van der Waals surface area contributed by atoms with Gasteiger partial charge >= 0.3 is 12.1 Å². The maximum Gasteiger partial charge on any atom is 0.322 e. The molecule has 2 aromatic carbocycles. The molecule has 2 saturated heterocycles. The second-order valence-corrected chi connectivity index (χ2v) is 9.53. The quantitative estimate of drug-likeness (QED) is 0.361. The number of carbonyl (C=O) groups is 5. The molecule has 0 saturated carbocycles. The molecule has 4 N–H and O–H groups in total. The normalized spacial score (nSPS) is 24.4. The topological polar surface area (TPSA) is 159 Å². The van der Waals surface area contributed by atoms with E-state index in [-0.39, 0.29) is 24.8 Å². The van der Waals surface area contributed by atoms with Gasteiger partial charge in [-0.05, 0) is 47.9 Å². The van der Waals surface area contributed by atoms with Crippen molar-refractivity contribution in [2.75, 3.05) is 13.7 Å². The van der Waals surface area contributed by atoms with Crippen LogP contribution in [0, 0.1) is 0 Å². The van der Waals surface area contributed by atoms with Crippen molar-refractivity contribution in [3.8, 4) is 5.75 Å². The molecule has 194 valence electrons. The fourth-order valence-corrected chi connectivity index (χ4v) is 5.40. The van der Waals surface area contributed by atoms with Gasteiger partial charge in [0.25, 0.3) is 17.7 Å². The molecule has 3 aliphatic heterocycles. The van der Waals surface area contributed by atoms with E-state index in [9.17, 15) is 24.0 Å². The largest absolute Gasteiger partial charge is 0.497 e. The second-order valence-electron chi connectivity index (χ2n) is 9.53. The SMILES string of the molecule is CCC1(c2ccc3oc([C@]4(CN5Cc6ccc(OC)cc6C5=O)NC(=O)NC4=O)cc3c2)NC(=O)NC1=O. The highest BCUT2D eigenvalue weighted by Crippen LogP contribution is 2.37. The molecule has 0 radical (unpaired) electrons. The van der Waals surface area contributed by atoms with Crippen molar-refractivity contribution < 1.29 is 33.1 Å². The third-order valence-electron chi connectivity index (χ3n) is 7.47. The number of carbonyl (C=O) groups excluding carboxylic acids is 5. The van der Waals surface area contributed by atoms with Crippen molar-refractivity contribution in [1.82, 2.24) is 26.2 Å². The first kappa shape index (κ1) is 23.5. The van der Waals surface area contributed by atoms with Crippen LogP contribution >= 0.6 is 0 Å². The number of urea groups is 2. The molecule has 3 aromatic rings. The lowest BCUT2D eigenvalue weighted by Gasteiger charge is -2.29. The average Bonchev–Trinajstić information content (AvgIpc) is 3.62. The lowest BCUT2D eigenvalue weighted by molar-refractivity contribution is -0.125. The minimum absolute atomic E-state index is 0.125. The lowest BCUT2D eigenvalue weighted by atomic mass is 9.86. The number of nitrogens with one attached hydrogen (secondary N) is 4. The first-order chi connectivity index (χ1) is 18.2. The van der Waals surface area contributed by atoms with Crippen LogP contribution in [0.3, 0.4) is 0 Å². The van der Waals surface area contributed by atoms with E-state index in [4.69, 9.17) is 9.15 Å². The predicted molar refractivity (Wildman–Crippen MR) is 131 cm³/mol. The molecule has 1 aromatic heterocycles. The molecule has 12 nitrogen and oxygen atoms in total. The smallest absolute Gasteiger partial charge is 0.322 e. The van der Waals surface area contributed by atoms with Crippen molar-refractivity contribution in [3.05, 3.63) is 64.9 Å². The fraction of sp³-hybridized carbons (Fsp3) is 0.269. The van der Waals surface area contributed by atoms with Gasteiger partial charge in [-0.1, -0.05) is 19.1 Å². The monoisotopic (exact) mass is 517 g/mol. The van der Waals surface area contributed by atoms with Crippen molar-refractivity contribution in [2.24, 2.45) is 0 Å². The third kappa shape index (κ3) is 3.26. The molecule has 3 aliphatic rings. The third-order valence-corrected chi connectivity index (χ3v) is 7.47. The Morgan fingerprint density at radius 3 is 2.26 bits per heavy atom. The van der Waals surface area contributed by atoms with E-state index in [0.717, 1.165) is 5.56 Å². The molecule has 0 spiro atoms. The molecule has 4 heterocycles. The van der Waals surface area contributed by atoms with Gasteiger partial charge in [-0.2, -0.15) is 0 Å². The molecule has 0 aliphatic carbocycles. The zero-order valence-corrected chi connectivity index (χ0v) is 20.5. The lowest BCUT2D eigenvalue weighted by Crippen LogP contribution is -2.52. The summed E-state index contributed by atoms with van der Waals surface area (Å²) in [5.74, 6) is -0.768. The van der Waals surface area contributed by atoms with Crippen molar-refractivity contribution in [1.29, 1.82) is 0 Å². The summed E-state index contributed by atoms with van der Waals surface area (Å²) in [5, 5.41) is 10.4. The van der Waals surface area contributed by atoms with Gasteiger partial charge in [-0.3, -0.25) is 25.0 Å². The molecule has 2 fully saturated rings. The standard InChI is InChI=1S/C26H23N5O7/c1-3-25(21(33)27-23(35)29-25)15-5-7-18-14(8-15)9-19(38-18)26(22(34)28-24(36)30-26)12-31-11-13-4-6-16(37-2)10-17(13)20(31)32/h4-10H,3,11-12H2,1-2H3,(H2,27,29,33,35)(H2,28,30,34,36)/t25?,26-/m0/s1. The highest BCUT2D eigenvalue weighted by Gasteiger charge is 2.53. The van der Waals surface area contributed by atoms with Crippen LogP contribution in [0.15, 0.2) is 46.9 Å². The number of rotatable bonds is 6. The summed E-state index contributed by atoms with van der Waals surface area (Å²) in [6, 6.07) is 10.5. The number of imide groups is 2. The first-order valence-electron chi connectivity index (χ1n) is 12.0. The second kappa shape index (κ2) is 8.07. The molecule has 0 bridgehead atoms. The van der Waals surface area contributed by atoms with Crippen LogP contribution in [0.2, 0.25) is 0 Å². The van der Waals surface area contributed by atoms with E-state index in [1.54, 1.807) is 49.4 Å². The highest BCUT2D eigenvalue weighted by molar-refractivity contribution is 6.09. The first-order valence-corrected chi connectivity index (χ1v) is 12.0. The van der Waals surface area contributed by atoms with E-state index in [0.29, 0.717) is 34.3 Å². The van der Waals surface area contributed by atoms with E-state index in [1.807, 2.05) is 0 Å². The van der Waals surface area contributed by atoms with Gasteiger partial charge in [-0.25, -0.2) is 9.59 Å². The number of hydrogen-bond acceptors (Lipinski definition) is 7. The van der Waals surface area contributed by atoms with Crippen LogP contribution in [0.5, 0.6) is 5.75 Å². The van der Waals surface area contributed by atoms with Crippen LogP contribution < -0.4 is 26.0 Å². The zero-order chi connectivity index (χ0) is 26.8. The van der Waals surface area contributed by atoms with Gasteiger partial charge < -0.3 is 24.7 Å². The summed E-state index contributed by atoms with van der Waals surface area (Å²) < 4.78 is 11.3. The van der Waals surface area contributed by atoms with E-state index >= 15 is 0 Å². The van der Waals surface area contributed by atoms with E-state index < -0.39 is 35.0 Å². The zero-order valence-electron chi connectivity index (χ0n) is 20.5. The number of methoxy groups -OCH3 is 1. The summed E-state index contributed by atoms with van der Waals surface area (Å²) >= 11 is 0. The van der Waals surface area contributed by atoms with Crippen molar-refractivity contribution in [3.63, 3.8) is 0 Å². The molecule has 1 unspecified atom stereocenters. The summed E-state index contributed by atoms with van der Waals surface area (Å²) in [5.41, 5.74) is -0.759. The maximum absolute atomic E-state index is 13.2. The minimum atomic E-state index is -1.68. The Hall–Kier alpha value is -4.87. The van der Waals surface area contributed by atoms with Crippen molar-refractivity contribution >= 4 is 40.8 Å². The number of furan rings is 1. The predicted octanol–water partition coefficient (Wildman–Crippen LogP) is 1.58. The molecule has 2 atom stereocenters. The van der Waals surface area contributed by atoms with Crippen LogP contribution in [-0.4, -0.2) is 48.3 Å². The van der Waals surface area contributed by atoms with E-state index in [1.165, 1.54) is 12.0 Å². The summed E-state index contributed by atoms with van der Waals surface area (Å²) in [6.45, 7) is 1.84. The highest BCUT2D eigenvalue weighted by atomic mass is 16.5. The van der Waals surface area contributed by atoms with Crippen LogP contribution in [0.25, 0.3) is 11.0 Å². The Bertz CT molecular complexity index is 1580. The fourth-order valence-electron chi connectivity index (χ4n) is 5.40. The van der Waals surface area contributed by atoms with E-state index in [2.05, 4.69) is 21.3 Å². The van der Waals surface area contributed by atoms with Gasteiger partial charge in [-0.15, -0.1) is 0 Å². The van der Waals surface area contributed by atoms with Crippen LogP contribution in [-0.2, 0) is 27.2 Å². The van der Waals surface area contributed by atoms with Gasteiger partial charge in [0.05, 0.1) is 13.7 Å². The molecule has 38 heavy (non-hydrogen) atoms. The van der Waals surface area contributed by atoms with Crippen LogP contribution in [0.4, 0.5) is 9.59 Å². The Labute approximate surface area is 215 Å². The van der Waals surface area contributed by atoms with Crippen molar-refractivity contribution in [2.45, 2.75) is 31.0 Å². The Morgan fingerprint density at radius 1 is 0.921 bits per heavy atom.